The second-order valence-electron chi connectivity index (χ2n) is 5.42. The number of rotatable bonds is 3. The number of halogens is 1. The smallest absolute Gasteiger partial charge is 0.0223 e. The highest BCUT2D eigenvalue weighted by Gasteiger charge is 2.34. The molecule has 2 rings (SSSR count). The summed E-state index contributed by atoms with van der Waals surface area (Å²) in [4.78, 5) is 2.58. The summed E-state index contributed by atoms with van der Waals surface area (Å²) in [6, 6.07) is 1.39. The number of hydrogen-bond acceptors (Lipinski definition) is 2. The van der Waals surface area contributed by atoms with Crippen molar-refractivity contribution in [1.82, 2.24) is 10.2 Å². The van der Waals surface area contributed by atoms with Crippen molar-refractivity contribution in [2.24, 2.45) is 5.92 Å². The van der Waals surface area contributed by atoms with Crippen molar-refractivity contribution in [1.29, 1.82) is 0 Å². The van der Waals surface area contributed by atoms with Crippen LogP contribution in [0, 0.1) is 5.92 Å². The molecule has 16 heavy (non-hydrogen) atoms. The van der Waals surface area contributed by atoms with E-state index in [0.29, 0.717) is 12.1 Å². The van der Waals surface area contributed by atoms with Crippen LogP contribution in [0.25, 0.3) is 0 Å². The Bertz CT molecular complexity index is 261. The monoisotopic (exact) mass is 242 g/mol. The van der Waals surface area contributed by atoms with E-state index >= 15 is 0 Å². The third-order valence-corrected chi connectivity index (χ3v) is 4.23. The van der Waals surface area contributed by atoms with Crippen molar-refractivity contribution in [3.05, 3.63) is 11.1 Å². The number of nitrogens with zero attached hydrogens (tertiary/aromatic N) is 1. The predicted octanol–water partition coefficient (Wildman–Crippen LogP) is 2.59. The van der Waals surface area contributed by atoms with E-state index in [2.05, 4.69) is 24.1 Å². The van der Waals surface area contributed by atoms with E-state index in [0.717, 1.165) is 12.5 Å². The van der Waals surface area contributed by atoms with Crippen LogP contribution in [0.4, 0.5) is 0 Å². The maximum atomic E-state index is 5.77. The molecule has 1 saturated heterocycles. The highest BCUT2D eigenvalue weighted by molar-refractivity contribution is 6.25. The van der Waals surface area contributed by atoms with Gasteiger partial charge in [0.25, 0.3) is 0 Å². The summed E-state index contributed by atoms with van der Waals surface area (Å²) < 4.78 is 0. The molecule has 1 aliphatic heterocycles. The van der Waals surface area contributed by atoms with E-state index in [1.807, 2.05) is 0 Å². The highest BCUT2D eigenvalue weighted by Crippen LogP contribution is 2.34. The molecule has 2 fully saturated rings. The molecule has 0 aromatic carbocycles. The van der Waals surface area contributed by atoms with Gasteiger partial charge in [0.05, 0.1) is 0 Å². The van der Waals surface area contributed by atoms with Crippen LogP contribution in [0.2, 0.25) is 0 Å². The second-order valence-corrected chi connectivity index (χ2v) is 5.64. The second kappa shape index (κ2) is 5.52. The summed E-state index contributed by atoms with van der Waals surface area (Å²) in [5.74, 6) is 0.938. The Morgan fingerprint density at radius 1 is 1.44 bits per heavy atom. The van der Waals surface area contributed by atoms with Crippen LogP contribution in [0.3, 0.4) is 0 Å². The first-order valence-corrected chi connectivity index (χ1v) is 6.87. The van der Waals surface area contributed by atoms with E-state index in [-0.39, 0.29) is 0 Å². The lowest BCUT2D eigenvalue weighted by molar-refractivity contribution is 0.216. The molecule has 1 saturated carbocycles. The first kappa shape index (κ1) is 12.4. The zero-order chi connectivity index (χ0) is 11.5. The molecule has 0 bridgehead atoms. The fourth-order valence-corrected chi connectivity index (χ4v) is 2.62. The number of nitrogens with one attached hydrogen (secondary N) is 1. The molecule has 2 aliphatic rings. The normalized spacial score (nSPS) is 33.8. The Kier molecular flexibility index (Phi) is 4.28. The zero-order valence-electron chi connectivity index (χ0n) is 10.4. The Morgan fingerprint density at radius 2 is 2.19 bits per heavy atom. The molecule has 1 aliphatic carbocycles. The zero-order valence-corrected chi connectivity index (χ0v) is 11.1. The van der Waals surface area contributed by atoms with Gasteiger partial charge in [0, 0.05) is 30.7 Å². The molecule has 1 N–H and O–H groups in total. The summed E-state index contributed by atoms with van der Waals surface area (Å²) in [6.45, 7) is 7.83. The van der Waals surface area contributed by atoms with Gasteiger partial charge in [0.15, 0.2) is 0 Å². The summed E-state index contributed by atoms with van der Waals surface area (Å²) >= 11 is 5.77. The van der Waals surface area contributed by atoms with Crippen molar-refractivity contribution in [3.8, 4) is 0 Å². The Morgan fingerprint density at radius 3 is 2.81 bits per heavy atom. The summed E-state index contributed by atoms with van der Waals surface area (Å²) in [6.07, 6.45) is 4.09. The first-order chi connectivity index (χ1) is 7.70. The van der Waals surface area contributed by atoms with Gasteiger partial charge in [-0.25, -0.2) is 0 Å². The molecule has 2 atom stereocenters. The van der Waals surface area contributed by atoms with Crippen LogP contribution in [0.15, 0.2) is 11.1 Å². The molecule has 0 aromatic rings. The fourth-order valence-electron chi connectivity index (χ4n) is 2.55. The lowest BCUT2D eigenvalue weighted by Crippen LogP contribution is -2.41. The maximum Gasteiger partial charge on any atom is 0.0223 e. The molecule has 2 unspecified atom stereocenters. The van der Waals surface area contributed by atoms with E-state index in [1.54, 1.807) is 5.54 Å². The van der Waals surface area contributed by atoms with Crippen LogP contribution in [0.5, 0.6) is 0 Å². The average molecular weight is 243 g/mol. The van der Waals surface area contributed by atoms with Gasteiger partial charge in [-0.05, 0) is 51.1 Å². The Balaban J connectivity index is 1.95. The maximum absolute atomic E-state index is 5.77. The van der Waals surface area contributed by atoms with Crippen LogP contribution >= 0.6 is 11.6 Å². The first-order valence-electron chi connectivity index (χ1n) is 6.44. The molecular formula is C13H23ClN2. The largest absolute Gasteiger partial charge is 0.312 e. The summed E-state index contributed by atoms with van der Waals surface area (Å²) in [5, 5.41) is 3.70. The molecule has 0 amide bonds. The van der Waals surface area contributed by atoms with Gasteiger partial charge in [-0.3, -0.25) is 4.90 Å². The highest BCUT2D eigenvalue weighted by atomic mass is 35.5. The molecule has 3 heteroatoms. The van der Waals surface area contributed by atoms with Gasteiger partial charge in [0.1, 0.15) is 0 Å². The molecule has 0 spiro atoms. The van der Waals surface area contributed by atoms with Crippen LogP contribution in [-0.4, -0.2) is 36.6 Å². The van der Waals surface area contributed by atoms with Gasteiger partial charge in [-0.15, -0.1) is 0 Å². The molecule has 92 valence electrons. The van der Waals surface area contributed by atoms with Crippen molar-refractivity contribution in [2.75, 3.05) is 19.6 Å². The lowest BCUT2D eigenvalue weighted by atomic mass is 10.1. The summed E-state index contributed by atoms with van der Waals surface area (Å²) in [5.41, 5.74) is 2.99. The third-order valence-electron chi connectivity index (χ3n) is 3.85. The van der Waals surface area contributed by atoms with Gasteiger partial charge in [-0.2, -0.15) is 0 Å². The molecule has 0 aromatic heterocycles. The third kappa shape index (κ3) is 3.22. The standard InChI is InChI=1S/C13H23ClN2/c1-10(7-14)8-16-9-13(12-3-4-12)15-6-5-11(16)2/h7,11-13,15H,3-6,8-9H2,1-2H3. The fraction of sp³-hybridized carbons (Fsp3) is 0.846. The molecule has 1 heterocycles. The minimum atomic E-state index is 0.669. The minimum absolute atomic E-state index is 0.669. The Labute approximate surface area is 104 Å². The van der Waals surface area contributed by atoms with Crippen molar-refractivity contribution in [2.45, 2.75) is 45.2 Å². The van der Waals surface area contributed by atoms with Crippen LogP contribution < -0.4 is 5.32 Å². The molecule has 2 nitrogen and oxygen atoms in total. The number of hydrogen-bond donors (Lipinski definition) is 1. The topological polar surface area (TPSA) is 15.3 Å². The van der Waals surface area contributed by atoms with Gasteiger partial charge >= 0.3 is 0 Å². The van der Waals surface area contributed by atoms with Crippen molar-refractivity contribution >= 4 is 11.6 Å². The summed E-state index contributed by atoms with van der Waals surface area (Å²) in [7, 11) is 0. The van der Waals surface area contributed by atoms with Gasteiger partial charge in [0.2, 0.25) is 0 Å². The average Bonchev–Trinajstić information content (AvgIpc) is 3.08. The van der Waals surface area contributed by atoms with E-state index in [9.17, 15) is 0 Å². The van der Waals surface area contributed by atoms with E-state index in [4.69, 9.17) is 11.6 Å². The van der Waals surface area contributed by atoms with Crippen molar-refractivity contribution < 1.29 is 0 Å². The minimum Gasteiger partial charge on any atom is -0.312 e. The van der Waals surface area contributed by atoms with Crippen molar-refractivity contribution in [3.63, 3.8) is 0 Å². The van der Waals surface area contributed by atoms with Crippen LogP contribution in [-0.2, 0) is 0 Å². The van der Waals surface area contributed by atoms with Crippen LogP contribution in [0.1, 0.15) is 33.1 Å². The quantitative estimate of drug-likeness (QED) is 0.819. The predicted molar refractivity (Wildman–Crippen MR) is 69.8 cm³/mol. The van der Waals surface area contributed by atoms with E-state index < -0.39 is 0 Å². The lowest BCUT2D eigenvalue weighted by Gasteiger charge is -2.29. The Hall–Kier alpha value is -0.0500. The van der Waals surface area contributed by atoms with E-state index in [1.165, 1.54) is 37.9 Å². The molecule has 0 radical (unpaired) electrons. The SMILES string of the molecule is CC(=CCl)CN1CC(C2CC2)NCCC1C. The van der Waals surface area contributed by atoms with Gasteiger partial charge < -0.3 is 5.32 Å². The molecular weight excluding hydrogens is 220 g/mol. The van der Waals surface area contributed by atoms with Gasteiger partial charge in [-0.1, -0.05) is 11.6 Å².